The number of carbonyl (C=O) groups is 1. The predicted octanol–water partition coefficient (Wildman–Crippen LogP) is 3.31. The Labute approximate surface area is 114 Å². The third-order valence-corrected chi connectivity index (χ3v) is 3.16. The lowest BCUT2D eigenvalue weighted by Crippen LogP contribution is -2.20. The molecule has 1 unspecified atom stereocenters. The van der Waals surface area contributed by atoms with Crippen LogP contribution in [0, 0.1) is 3.57 Å². The summed E-state index contributed by atoms with van der Waals surface area (Å²) in [6.45, 7) is 1.93. The molecule has 0 radical (unpaired) electrons. The number of carbonyl (C=O) groups excluding carboxylic acids is 1. The zero-order valence-corrected chi connectivity index (χ0v) is 12.0. The fourth-order valence-electron chi connectivity index (χ4n) is 1.26. The van der Waals surface area contributed by atoms with Crippen LogP contribution in [0.2, 0.25) is 5.02 Å². The van der Waals surface area contributed by atoms with Crippen LogP contribution in [-0.2, 0) is 9.53 Å². The zero-order valence-electron chi connectivity index (χ0n) is 9.09. The topological polar surface area (TPSA) is 38.3 Å². The number of nitrogens with one attached hydrogen (secondary N) is 1. The third kappa shape index (κ3) is 4.17. The van der Waals surface area contributed by atoms with Gasteiger partial charge in [-0.25, -0.2) is 0 Å². The lowest BCUT2D eigenvalue weighted by molar-refractivity contribution is -0.140. The summed E-state index contributed by atoms with van der Waals surface area (Å²) in [5, 5.41) is 3.94. The summed E-state index contributed by atoms with van der Waals surface area (Å²) in [6, 6.07) is 5.62. The first-order chi connectivity index (χ1) is 7.52. The van der Waals surface area contributed by atoms with Gasteiger partial charge < -0.3 is 10.1 Å². The number of anilines is 1. The van der Waals surface area contributed by atoms with E-state index in [-0.39, 0.29) is 12.0 Å². The Kier molecular flexibility index (Phi) is 5.34. The molecule has 1 N–H and O–H groups in total. The lowest BCUT2D eigenvalue weighted by atomic mass is 10.2. The van der Waals surface area contributed by atoms with Gasteiger partial charge in [0.05, 0.1) is 13.5 Å². The fourth-order valence-corrected chi connectivity index (χ4v) is 2.28. The number of hydrogen-bond acceptors (Lipinski definition) is 3. The van der Waals surface area contributed by atoms with Crippen LogP contribution in [0.1, 0.15) is 13.3 Å². The molecule has 0 fully saturated rings. The van der Waals surface area contributed by atoms with Crippen LogP contribution >= 0.6 is 34.2 Å². The molecule has 16 heavy (non-hydrogen) atoms. The summed E-state index contributed by atoms with van der Waals surface area (Å²) in [7, 11) is 1.39. The second kappa shape index (κ2) is 6.30. The zero-order chi connectivity index (χ0) is 12.1. The Bertz CT molecular complexity index is 384. The molecule has 0 aromatic heterocycles. The maximum Gasteiger partial charge on any atom is 0.307 e. The number of methoxy groups -OCH3 is 1. The van der Waals surface area contributed by atoms with Crippen molar-refractivity contribution in [1.29, 1.82) is 0 Å². The summed E-state index contributed by atoms with van der Waals surface area (Å²) in [5.74, 6) is -0.219. The molecule has 0 bridgehead atoms. The normalized spacial score (nSPS) is 12.0. The second-order valence-corrected chi connectivity index (χ2v) is 5.05. The van der Waals surface area contributed by atoms with E-state index in [1.807, 2.05) is 25.1 Å². The molecule has 0 aliphatic carbocycles. The molecule has 1 aromatic rings. The molecule has 1 atom stereocenters. The van der Waals surface area contributed by atoms with E-state index in [1.54, 1.807) is 0 Å². The predicted molar refractivity (Wildman–Crippen MR) is 73.9 cm³/mol. The Morgan fingerprint density at radius 2 is 2.31 bits per heavy atom. The van der Waals surface area contributed by atoms with Crippen molar-refractivity contribution in [2.24, 2.45) is 0 Å². The molecule has 0 aliphatic rings. The van der Waals surface area contributed by atoms with Gasteiger partial charge in [0.2, 0.25) is 0 Å². The van der Waals surface area contributed by atoms with E-state index in [9.17, 15) is 4.79 Å². The van der Waals surface area contributed by atoms with E-state index in [1.165, 1.54) is 7.11 Å². The van der Waals surface area contributed by atoms with Gasteiger partial charge in [0.1, 0.15) is 0 Å². The van der Waals surface area contributed by atoms with Crippen molar-refractivity contribution in [3.8, 4) is 0 Å². The van der Waals surface area contributed by atoms with Crippen molar-refractivity contribution in [2.45, 2.75) is 19.4 Å². The minimum atomic E-state index is -0.219. The quantitative estimate of drug-likeness (QED) is 0.667. The molecule has 1 aromatic carbocycles. The molecule has 3 nitrogen and oxygen atoms in total. The maximum atomic E-state index is 11.1. The minimum absolute atomic E-state index is 0.0298. The van der Waals surface area contributed by atoms with E-state index < -0.39 is 0 Å². The minimum Gasteiger partial charge on any atom is -0.469 e. The van der Waals surface area contributed by atoms with Crippen molar-refractivity contribution in [3.05, 3.63) is 26.8 Å². The Morgan fingerprint density at radius 1 is 1.62 bits per heavy atom. The second-order valence-electron chi connectivity index (χ2n) is 3.45. The standard InChI is InChI=1S/C11H13ClINO2/c1-7(5-11(15)16-2)14-10-4-3-8(12)6-9(10)13/h3-4,6-7,14H,5H2,1-2H3. The first-order valence-electron chi connectivity index (χ1n) is 4.81. The van der Waals surface area contributed by atoms with Gasteiger partial charge in [0.15, 0.2) is 0 Å². The maximum absolute atomic E-state index is 11.1. The Morgan fingerprint density at radius 3 is 2.88 bits per heavy atom. The van der Waals surface area contributed by atoms with Crippen molar-refractivity contribution in [1.82, 2.24) is 0 Å². The molecule has 0 saturated carbocycles. The number of ether oxygens (including phenoxy) is 1. The average Bonchev–Trinajstić information content (AvgIpc) is 2.22. The van der Waals surface area contributed by atoms with Gasteiger partial charge in [-0.3, -0.25) is 4.79 Å². The molecule has 0 heterocycles. The van der Waals surface area contributed by atoms with Gasteiger partial charge in [-0.1, -0.05) is 11.6 Å². The molecule has 0 aliphatic heterocycles. The fraction of sp³-hybridized carbons (Fsp3) is 0.364. The monoisotopic (exact) mass is 353 g/mol. The van der Waals surface area contributed by atoms with Crippen LogP contribution in [0.3, 0.4) is 0 Å². The molecular formula is C11H13ClINO2. The highest BCUT2D eigenvalue weighted by Gasteiger charge is 2.10. The molecule has 0 amide bonds. The SMILES string of the molecule is COC(=O)CC(C)Nc1ccc(Cl)cc1I. The van der Waals surface area contributed by atoms with Gasteiger partial charge >= 0.3 is 5.97 Å². The van der Waals surface area contributed by atoms with Crippen LogP contribution in [0.25, 0.3) is 0 Å². The van der Waals surface area contributed by atoms with Gasteiger partial charge in [-0.15, -0.1) is 0 Å². The molecule has 1 rings (SSSR count). The van der Waals surface area contributed by atoms with E-state index >= 15 is 0 Å². The number of benzene rings is 1. The summed E-state index contributed by atoms with van der Waals surface area (Å²) in [6.07, 6.45) is 0.342. The van der Waals surface area contributed by atoms with E-state index in [4.69, 9.17) is 11.6 Å². The number of halogens is 2. The molecule has 0 saturated heterocycles. The average molecular weight is 354 g/mol. The van der Waals surface area contributed by atoms with Crippen molar-refractivity contribution in [2.75, 3.05) is 12.4 Å². The van der Waals surface area contributed by atoms with Gasteiger partial charge in [0.25, 0.3) is 0 Å². The molecule has 88 valence electrons. The highest BCUT2D eigenvalue weighted by atomic mass is 127. The summed E-state index contributed by atoms with van der Waals surface area (Å²) >= 11 is 8.05. The highest BCUT2D eigenvalue weighted by molar-refractivity contribution is 14.1. The summed E-state index contributed by atoms with van der Waals surface area (Å²) in [4.78, 5) is 11.1. The van der Waals surface area contributed by atoms with Crippen LogP contribution < -0.4 is 5.32 Å². The van der Waals surface area contributed by atoms with Crippen LogP contribution in [0.4, 0.5) is 5.69 Å². The summed E-state index contributed by atoms with van der Waals surface area (Å²) < 4.78 is 5.64. The first-order valence-corrected chi connectivity index (χ1v) is 6.27. The summed E-state index contributed by atoms with van der Waals surface area (Å²) in [5.41, 5.74) is 0.974. The number of hydrogen-bond donors (Lipinski definition) is 1. The Balaban J connectivity index is 2.62. The third-order valence-electron chi connectivity index (χ3n) is 2.03. The first kappa shape index (κ1) is 13.6. The van der Waals surface area contributed by atoms with Crippen LogP contribution in [0.5, 0.6) is 0 Å². The molecular weight excluding hydrogens is 340 g/mol. The van der Waals surface area contributed by atoms with E-state index in [2.05, 4.69) is 32.6 Å². The molecule has 5 heteroatoms. The largest absolute Gasteiger partial charge is 0.469 e. The molecule has 0 spiro atoms. The lowest BCUT2D eigenvalue weighted by Gasteiger charge is -2.15. The van der Waals surface area contributed by atoms with Gasteiger partial charge in [-0.05, 0) is 47.7 Å². The number of esters is 1. The van der Waals surface area contributed by atoms with E-state index in [0.29, 0.717) is 11.4 Å². The van der Waals surface area contributed by atoms with Gasteiger partial charge in [-0.2, -0.15) is 0 Å². The highest BCUT2D eigenvalue weighted by Crippen LogP contribution is 2.23. The van der Waals surface area contributed by atoms with Gasteiger partial charge in [0, 0.05) is 20.3 Å². The van der Waals surface area contributed by atoms with E-state index in [0.717, 1.165) is 9.26 Å². The smallest absolute Gasteiger partial charge is 0.307 e. The van der Waals surface area contributed by atoms with Crippen molar-refractivity contribution in [3.63, 3.8) is 0 Å². The van der Waals surface area contributed by atoms with Crippen LogP contribution in [0.15, 0.2) is 18.2 Å². The van der Waals surface area contributed by atoms with Crippen molar-refractivity contribution < 1.29 is 9.53 Å². The van der Waals surface area contributed by atoms with Crippen LogP contribution in [-0.4, -0.2) is 19.1 Å². The number of rotatable bonds is 4. The van der Waals surface area contributed by atoms with Crippen molar-refractivity contribution >= 4 is 45.8 Å². The Hall–Kier alpha value is -0.490.